The summed E-state index contributed by atoms with van der Waals surface area (Å²) in [5.41, 5.74) is 0.824. The molecule has 2 aliphatic carbocycles. The molecule has 3 nitrogen and oxygen atoms in total. The van der Waals surface area contributed by atoms with E-state index in [4.69, 9.17) is 9.47 Å². The maximum absolute atomic E-state index is 12.4. The molecule has 0 aromatic rings. The zero-order valence-electron chi connectivity index (χ0n) is 19.8. The molecule has 2 fully saturated rings. The van der Waals surface area contributed by atoms with Gasteiger partial charge in [-0.2, -0.15) is 0 Å². The first-order valence-electron chi connectivity index (χ1n) is 11.8. The summed E-state index contributed by atoms with van der Waals surface area (Å²) in [5, 5.41) is 0. The highest BCUT2D eigenvalue weighted by Crippen LogP contribution is 2.44. The van der Waals surface area contributed by atoms with Gasteiger partial charge in [0.15, 0.2) is 0 Å². The monoisotopic (exact) mass is 394 g/mol. The second-order valence-corrected chi connectivity index (χ2v) is 11.7. The van der Waals surface area contributed by atoms with Crippen molar-refractivity contribution in [2.45, 2.75) is 119 Å². The molecular formula is C25H46O3. The summed E-state index contributed by atoms with van der Waals surface area (Å²) in [4.78, 5) is 12.4. The van der Waals surface area contributed by atoms with Crippen molar-refractivity contribution in [3.8, 4) is 0 Å². The van der Waals surface area contributed by atoms with Crippen molar-refractivity contribution >= 4 is 6.16 Å². The second-order valence-electron chi connectivity index (χ2n) is 11.7. The van der Waals surface area contributed by atoms with Crippen molar-refractivity contribution in [3.05, 3.63) is 0 Å². The van der Waals surface area contributed by atoms with Gasteiger partial charge in [-0.05, 0) is 74.0 Å². The molecule has 2 saturated carbocycles. The molecule has 0 aliphatic heterocycles. The molecule has 0 heterocycles. The predicted octanol–water partition coefficient (Wildman–Crippen LogP) is 7.62. The standard InChI is InChI=1S/C25H46O3/c1-17(21-11-9-13-24(5,6)15-21)19(3)27-23(26)28-20(4)18(2)22-12-10-14-25(7,8)16-22/h17-22H,9-16H2,1-8H3. The van der Waals surface area contributed by atoms with E-state index >= 15 is 0 Å². The van der Waals surface area contributed by atoms with Crippen molar-refractivity contribution in [1.29, 1.82) is 0 Å². The number of hydrogen-bond donors (Lipinski definition) is 0. The summed E-state index contributed by atoms with van der Waals surface area (Å²) >= 11 is 0. The minimum atomic E-state index is -0.483. The first kappa shape index (κ1) is 23.5. The van der Waals surface area contributed by atoms with E-state index in [9.17, 15) is 4.79 Å². The molecule has 3 heteroatoms. The van der Waals surface area contributed by atoms with E-state index in [-0.39, 0.29) is 12.2 Å². The van der Waals surface area contributed by atoms with Crippen LogP contribution < -0.4 is 0 Å². The molecule has 0 spiro atoms. The van der Waals surface area contributed by atoms with E-state index in [0.717, 1.165) is 0 Å². The quantitative estimate of drug-likeness (QED) is 0.435. The third-order valence-corrected chi connectivity index (χ3v) is 8.02. The molecule has 2 rings (SSSR count). The summed E-state index contributed by atoms with van der Waals surface area (Å²) < 4.78 is 11.4. The first-order chi connectivity index (χ1) is 12.9. The smallest absolute Gasteiger partial charge is 0.431 e. The minimum absolute atomic E-state index is 0.0949. The van der Waals surface area contributed by atoms with Gasteiger partial charge in [0.25, 0.3) is 0 Å². The number of rotatable bonds is 6. The molecule has 0 bridgehead atoms. The number of hydrogen-bond acceptors (Lipinski definition) is 3. The van der Waals surface area contributed by atoms with Gasteiger partial charge < -0.3 is 9.47 Å². The Morgan fingerprint density at radius 3 is 1.43 bits per heavy atom. The predicted molar refractivity (Wildman–Crippen MR) is 116 cm³/mol. The molecular weight excluding hydrogens is 348 g/mol. The maximum Gasteiger partial charge on any atom is 0.508 e. The molecule has 0 amide bonds. The van der Waals surface area contributed by atoms with Gasteiger partial charge in [-0.25, -0.2) is 4.79 Å². The fourth-order valence-corrected chi connectivity index (χ4v) is 5.72. The third kappa shape index (κ3) is 6.66. The molecule has 6 unspecified atom stereocenters. The molecule has 0 aromatic carbocycles. The van der Waals surface area contributed by atoms with E-state index in [1.807, 2.05) is 13.8 Å². The third-order valence-electron chi connectivity index (χ3n) is 8.02. The Labute approximate surface area is 174 Å². The van der Waals surface area contributed by atoms with E-state index in [1.54, 1.807) is 0 Å². The molecule has 28 heavy (non-hydrogen) atoms. The van der Waals surface area contributed by atoms with Crippen LogP contribution in [-0.2, 0) is 9.47 Å². The summed E-state index contributed by atoms with van der Waals surface area (Å²) in [5.74, 6) is 2.01. The Hall–Kier alpha value is -0.730. The second kappa shape index (κ2) is 9.39. The average molecular weight is 395 g/mol. The molecule has 0 N–H and O–H groups in total. The van der Waals surface area contributed by atoms with Crippen LogP contribution in [0.1, 0.15) is 107 Å². The topological polar surface area (TPSA) is 35.5 Å². The van der Waals surface area contributed by atoms with Crippen LogP contribution in [0.3, 0.4) is 0 Å². The van der Waals surface area contributed by atoms with Crippen LogP contribution in [0, 0.1) is 34.5 Å². The van der Waals surface area contributed by atoms with Crippen LogP contribution >= 0.6 is 0 Å². The summed E-state index contributed by atoms with van der Waals surface area (Å²) in [6.07, 6.45) is 9.45. The van der Waals surface area contributed by atoms with Gasteiger partial charge >= 0.3 is 6.16 Å². The van der Waals surface area contributed by atoms with Crippen molar-refractivity contribution in [3.63, 3.8) is 0 Å². The Balaban J connectivity index is 1.81. The van der Waals surface area contributed by atoms with Gasteiger partial charge in [0, 0.05) is 0 Å². The van der Waals surface area contributed by atoms with E-state index in [0.29, 0.717) is 34.5 Å². The lowest BCUT2D eigenvalue weighted by molar-refractivity contribution is -0.0413. The zero-order valence-corrected chi connectivity index (χ0v) is 19.8. The van der Waals surface area contributed by atoms with Gasteiger partial charge in [-0.15, -0.1) is 0 Å². The van der Waals surface area contributed by atoms with Gasteiger partial charge in [-0.1, -0.05) is 67.2 Å². The fraction of sp³-hybridized carbons (Fsp3) is 0.960. The fourth-order valence-electron chi connectivity index (χ4n) is 5.72. The lowest BCUT2D eigenvalue weighted by atomic mass is 9.68. The van der Waals surface area contributed by atoms with Crippen LogP contribution in [0.4, 0.5) is 4.79 Å². The van der Waals surface area contributed by atoms with Crippen molar-refractivity contribution in [2.75, 3.05) is 0 Å². The average Bonchev–Trinajstić information content (AvgIpc) is 2.58. The summed E-state index contributed by atoms with van der Waals surface area (Å²) in [6, 6.07) is 0. The van der Waals surface area contributed by atoms with Crippen molar-refractivity contribution in [2.24, 2.45) is 34.5 Å². The SMILES string of the molecule is CC(OC(=O)OC(C)C(C)C1CCCC(C)(C)C1)C(C)C1CCCC(C)(C)C1. The largest absolute Gasteiger partial charge is 0.508 e. The van der Waals surface area contributed by atoms with Gasteiger partial charge in [0.05, 0.1) is 0 Å². The van der Waals surface area contributed by atoms with Crippen LogP contribution in [0.5, 0.6) is 0 Å². The Morgan fingerprint density at radius 2 is 1.11 bits per heavy atom. The first-order valence-corrected chi connectivity index (χ1v) is 11.8. The van der Waals surface area contributed by atoms with Gasteiger partial charge in [-0.3, -0.25) is 0 Å². The van der Waals surface area contributed by atoms with Gasteiger partial charge in [0.1, 0.15) is 12.2 Å². The highest BCUT2D eigenvalue weighted by molar-refractivity contribution is 5.60. The Bertz CT molecular complexity index is 466. The number of carbonyl (C=O) groups excluding carboxylic acids is 1. The number of ether oxygens (including phenoxy) is 2. The van der Waals surface area contributed by atoms with Crippen molar-refractivity contribution < 1.29 is 14.3 Å². The van der Waals surface area contributed by atoms with Crippen LogP contribution in [0.2, 0.25) is 0 Å². The molecule has 2 aliphatic rings. The highest BCUT2D eigenvalue weighted by Gasteiger charge is 2.36. The summed E-state index contributed by atoms with van der Waals surface area (Å²) in [6.45, 7) is 18.0. The Morgan fingerprint density at radius 1 is 0.750 bits per heavy atom. The van der Waals surface area contributed by atoms with Crippen molar-refractivity contribution in [1.82, 2.24) is 0 Å². The van der Waals surface area contributed by atoms with Crippen LogP contribution in [-0.4, -0.2) is 18.4 Å². The Kier molecular flexibility index (Phi) is 7.90. The normalized spacial score (nSPS) is 31.3. The molecule has 6 atom stereocenters. The minimum Gasteiger partial charge on any atom is -0.431 e. The maximum atomic E-state index is 12.4. The zero-order chi connectivity index (χ0) is 21.1. The van der Waals surface area contributed by atoms with E-state index < -0.39 is 6.16 Å². The van der Waals surface area contributed by atoms with Gasteiger partial charge in [0.2, 0.25) is 0 Å². The lowest BCUT2D eigenvalue weighted by Gasteiger charge is -2.40. The highest BCUT2D eigenvalue weighted by atomic mass is 16.7. The van der Waals surface area contributed by atoms with E-state index in [1.165, 1.54) is 51.4 Å². The van der Waals surface area contributed by atoms with Crippen LogP contribution in [0.25, 0.3) is 0 Å². The number of carbonyl (C=O) groups is 1. The van der Waals surface area contributed by atoms with E-state index in [2.05, 4.69) is 41.5 Å². The molecule has 0 aromatic heterocycles. The lowest BCUT2D eigenvalue weighted by Crippen LogP contribution is -2.36. The molecule has 0 saturated heterocycles. The van der Waals surface area contributed by atoms with Crippen LogP contribution in [0.15, 0.2) is 0 Å². The molecule has 164 valence electrons. The molecule has 0 radical (unpaired) electrons. The summed E-state index contributed by atoms with van der Waals surface area (Å²) in [7, 11) is 0.